The molecule has 14 heavy (non-hydrogen) atoms. The Morgan fingerprint density at radius 2 is 2.29 bits per heavy atom. The normalized spacial score (nSPS) is 26.4. The smallest absolute Gasteiger partial charge is 0.347 e. The van der Waals surface area contributed by atoms with Gasteiger partial charge in [-0.3, -0.25) is 9.69 Å². The lowest BCUT2D eigenvalue weighted by Gasteiger charge is -2.32. The molecule has 1 heterocycles. The molecule has 0 bridgehead atoms. The van der Waals surface area contributed by atoms with Crippen LogP contribution in [0.3, 0.4) is 0 Å². The third-order valence-electron chi connectivity index (χ3n) is 2.44. The van der Waals surface area contributed by atoms with E-state index in [4.69, 9.17) is 4.74 Å². The van der Waals surface area contributed by atoms with Crippen molar-refractivity contribution in [1.29, 1.82) is 0 Å². The summed E-state index contributed by atoms with van der Waals surface area (Å²) in [4.78, 5) is 24.5. The van der Waals surface area contributed by atoms with E-state index in [1.807, 2.05) is 0 Å². The Balaban J connectivity index is 2.83. The molecule has 1 N–H and O–H groups in total. The van der Waals surface area contributed by atoms with E-state index in [-0.39, 0.29) is 11.9 Å². The zero-order valence-corrected chi connectivity index (χ0v) is 8.79. The summed E-state index contributed by atoms with van der Waals surface area (Å²) in [6.07, 6.45) is 0.842. The molecule has 0 saturated carbocycles. The largest absolute Gasteiger partial charge is 0.463 e. The van der Waals surface area contributed by atoms with Crippen molar-refractivity contribution in [2.45, 2.75) is 25.4 Å². The van der Waals surface area contributed by atoms with Gasteiger partial charge in [0.15, 0.2) is 5.66 Å². The highest BCUT2D eigenvalue weighted by atomic mass is 16.5. The maximum absolute atomic E-state index is 11.7. The minimum Gasteiger partial charge on any atom is -0.463 e. The van der Waals surface area contributed by atoms with Gasteiger partial charge in [-0.25, -0.2) is 4.79 Å². The third-order valence-corrected chi connectivity index (χ3v) is 2.44. The average Bonchev–Trinajstić information content (AvgIpc) is 2.49. The molecule has 0 aromatic rings. The van der Waals surface area contributed by atoms with Crippen molar-refractivity contribution in [3.63, 3.8) is 0 Å². The second-order valence-corrected chi connectivity index (χ2v) is 3.52. The van der Waals surface area contributed by atoms with Crippen LogP contribution in [0.15, 0.2) is 0 Å². The molecule has 5 heteroatoms. The average molecular weight is 200 g/mol. The van der Waals surface area contributed by atoms with E-state index in [2.05, 4.69) is 5.32 Å². The van der Waals surface area contributed by atoms with Crippen molar-refractivity contribution in [2.75, 3.05) is 20.7 Å². The molecule has 0 aromatic heterocycles. The van der Waals surface area contributed by atoms with Crippen LogP contribution < -0.4 is 5.32 Å². The molecule has 0 aliphatic carbocycles. The van der Waals surface area contributed by atoms with Crippen LogP contribution in [0.25, 0.3) is 0 Å². The summed E-state index contributed by atoms with van der Waals surface area (Å²) < 4.78 is 4.94. The highest BCUT2D eigenvalue weighted by Gasteiger charge is 2.47. The number of hydrogen-bond acceptors (Lipinski definition) is 4. The number of esters is 1. The van der Waals surface area contributed by atoms with E-state index in [0.29, 0.717) is 19.4 Å². The Kier molecular flexibility index (Phi) is 3.10. The summed E-state index contributed by atoms with van der Waals surface area (Å²) in [7, 11) is 3.50. The van der Waals surface area contributed by atoms with Crippen molar-refractivity contribution in [1.82, 2.24) is 10.2 Å². The molecule has 1 saturated heterocycles. The zero-order valence-electron chi connectivity index (χ0n) is 8.79. The number of nitrogens with one attached hydrogen (secondary N) is 1. The van der Waals surface area contributed by atoms with E-state index in [1.54, 1.807) is 25.9 Å². The fraction of sp³-hybridized carbons (Fsp3) is 0.778. The molecule has 1 atom stereocenters. The molecule has 0 aromatic carbocycles. The Hall–Kier alpha value is -1.10. The van der Waals surface area contributed by atoms with Crippen LogP contribution in [0.2, 0.25) is 0 Å². The summed E-state index contributed by atoms with van der Waals surface area (Å²) in [5, 5.41) is 2.66. The van der Waals surface area contributed by atoms with Crippen LogP contribution in [-0.4, -0.2) is 43.1 Å². The highest BCUT2D eigenvalue weighted by molar-refractivity contribution is 5.91. The van der Waals surface area contributed by atoms with Crippen molar-refractivity contribution in [3.8, 4) is 0 Å². The molecule has 0 spiro atoms. The van der Waals surface area contributed by atoms with Crippen molar-refractivity contribution >= 4 is 11.9 Å². The molecule has 1 rings (SSSR count). The van der Waals surface area contributed by atoms with Crippen molar-refractivity contribution in [3.05, 3.63) is 0 Å². The number of carbonyl (C=O) groups is 2. The Bertz CT molecular complexity index is 252. The van der Waals surface area contributed by atoms with Gasteiger partial charge in [0, 0.05) is 12.8 Å². The number of likely N-dealkylation sites (N-methyl/N-ethyl adjacent to an activating group) is 1. The van der Waals surface area contributed by atoms with Crippen LogP contribution in [0.5, 0.6) is 0 Å². The summed E-state index contributed by atoms with van der Waals surface area (Å²) in [6.45, 7) is 2.07. The fourth-order valence-corrected chi connectivity index (χ4v) is 1.57. The monoisotopic (exact) mass is 200 g/mol. The molecule has 5 nitrogen and oxygen atoms in total. The van der Waals surface area contributed by atoms with E-state index in [9.17, 15) is 9.59 Å². The Labute approximate surface area is 83.4 Å². The lowest BCUT2D eigenvalue weighted by molar-refractivity contribution is -0.158. The molecule has 80 valence electrons. The van der Waals surface area contributed by atoms with Gasteiger partial charge < -0.3 is 10.1 Å². The van der Waals surface area contributed by atoms with Crippen LogP contribution >= 0.6 is 0 Å². The van der Waals surface area contributed by atoms with E-state index in [1.165, 1.54) is 0 Å². The number of ether oxygens (including phenoxy) is 1. The first-order chi connectivity index (χ1) is 6.53. The molecular formula is C9H16N2O3. The first kappa shape index (κ1) is 11.0. The topological polar surface area (TPSA) is 58.6 Å². The van der Waals surface area contributed by atoms with Gasteiger partial charge in [0.2, 0.25) is 5.91 Å². The van der Waals surface area contributed by atoms with E-state index < -0.39 is 5.66 Å². The summed E-state index contributed by atoms with van der Waals surface area (Å²) >= 11 is 0. The van der Waals surface area contributed by atoms with Gasteiger partial charge in [-0.1, -0.05) is 0 Å². The zero-order chi connectivity index (χ0) is 10.8. The van der Waals surface area contributed by atoms with Gasteiger partial charge in [-0.2, -0.15) is 0 Å². The summed E-state index contributed by atoms with van der Waals surface area (Å²) in [5.41, 5.74) is -0.951. The van der Waals surface area contributed by atoms with Crippen LogP contribution in [0.4, 0.5) is 0 Å². The summed E-state index contributed by atoms with van der Waals surface area (Å²) in [5.74, 6) is -0.484. The van der Waals surface area contributed by atoms with Gasteiger partial charge in [-0.15, -0.1) is 0 Å². The van der Waals surface area contributed by atoms with Gasteiger partial charge in [0.25, 0.3) is 0 Å². The first-order valence-electron chi connectivity index (χ1n) is 4.68. The standard InChI is InChI=1S/C9H16N2O3/c1-4-14-8(13)9(11(2)3)6-5-7(12)10-9/h4-6H2,1-3H3,(H,10,12)/t9-/m1/s1. The molecule has 1 aliphatic heterocycles. The SMILES string of the molecule is CCOC(=O)[C@]1(N(C)C)CCC(=O)N1. The highest BCUT2D eigenvalue weighted by Crippen LogP contribution is 2.23. The number of carbonyl (C=O) groups excluding carboxylic acids is 2. The van der Waals surface area contributed by atoms with Crippen LogP contribution in [0.1, 0.15) is 19.8 Å². The minimum atomic E-state index is -0.951. The molecule has 1 fully saturated rings. The van der Waals surface area contributed by atoms with Gasteiger partial charge in [0.05, 0.1) is 6.61 Å². The number of hydrogen-bond donors (Lipinski definition) is 1. The number of nitrogens with zero attached hydrogens (tertiary/aromatic N) is 1. The number of amides is 1. The fourth-order valence-electron chi connectivity index (χ4n) is 1.57. The quantitative estimate of drug-likeness (QED) is 0.636. The minimum absolute atomic E-state index is 0.105. The maximum atomic E-state index is 11.7. The van der Waals surface area contributed by atoms with Crippen molar-refractivity contribution < 1.29 is 14.3 Å². The second-order valence-electron chi connectivity index (χ2n) is 3.52. The van der Waals surface area contributed by atoms with Crippen molar-refractivity contribution in [2.24, 2.45) is 0 Å². The van der Waals surface area contributed by atoms with Gasteiger partial charge in [0.1, 0.15) is 0 Å². The van der Waals surface area contributed by atoms with Crippen LogP contribution in [-0.2, 0) is 14.3 Å². The lowest BCUT2D eigenvalue weighted by Crippen LogP contribution is -2.59. The Morgan fingerprint density at radius 3 is 2.64 bits per heavy atom. The number of rotatable bonds is 3. The van der Waals surface area contributed by atoms with E-state index in [0.717, 1.165) is 0 Å². The lowest BCUT2D eigenvalue weighted by atomic mass is 10.1. The molecule has 1 aliphatic rings. The first-order valence-corrected chi connectivity index (χ1v) is 4.68. The molecular weight excluding hydrogens is 184 g/mol. The Morgan fingerprint density at radius 1 is 1.64 bits per heavy atom. The third kappa shape index (κ3) is 1.72. The maximum Gasteiger partial charge on any atom is 0.347 e. The van der Waals surface area contributed by atoms with E-state index >= 15 is 0 Å². The predicted octanol–water partition coefficient (Wildman–Crippen LogP) is -0.283. The molecule has 1 amide bonds. The summed E-state index contributed by atoms with van der Waals surface area (Å²) in [6, 6.07) is 0. The van der Waals surface area contributed by atoms with Crippen LogP contribution in [0, 0.1) is 0 Å². The molecule has 0 radical (unpaired) electrons. The predicted molar refractivity (Wildman–Crippen MR) is 50.4 cm³/mol. The second kappa shape index (κ2) is 3.96. The van der Waals surface area contributed by atoms with Gasteiger partial charge >= 0.3 is 5.97 Å². The van der Waals surface area contributed by atoms with Gasteiger partial charge in [-0.05, 0) is 21.0 Å². The molecule has 0 unspecified atom stereocenters.